The van der Waals surface area contributed by atoms with E-state index in [4.69, 9.17) is 5.73 Å². The summed E-state index contributed by atoms with van der Waals surface area (Å²) in [5.74, 6) is -0.00107. The van der Waals surface area contributed by atoms with E-state index in [1.165, 1.54) is 31.4 Å². The van der Waals surface area contributed by atoms with Crippen molar-refractivity contribution < 1.29 is 32.3 Å². The summed E-state index contributed by atoms with van der Waals surface area (Å²) < 4.78 is 39.9. The van der Waals surface area contributed by atoms with Gasteiger partial charge in [-0.1, -0.05) is 30.7 Å². The van der Waals surface area contributed by atoms with E-state index in [0.717, 1.165) is 40.5 Å². The second-order valence-electron chi connectivity index (χ2n) is 13.2. The van der Waals surface area contributed by atoms with Gasteiger partial charge in [-0.05, 0) is 90.5 Å². The molecule has 2 bridgehead atoms. The van der Waals surface area contributed by atoms with E-state index in [1.807, 2.05) is 12.1 Å². The van der Waals surface area contributed by atoms with Gasteiger partial charge in [0.05, 0.1) is 18.2 Å². The van der Waals surface area contributed by atoms with Gasteiger partial charge in [0.2, 0.25) is 17.7 Å². The van der Waals surface area contributed by atoms with Crippen molar-refractivity contribution in [1.29, 1.82) is 0 Å². The third-order valence-electron chi connectivity index (χ3n) is 9.97. The lowest BCUT2D eigenvalue weighted by molar-refractivity contribution is -0.137. The number of alkyl halides is 3. The molecule has 2 saturated carbocycles. The van der Waals surface area contributed by atoms with Crippen LogP contribution in [0.1, 0.15) is 77.2 Å². The van der Waals surface area contributed by atoms with Gasteiger partial charge in [0, 0.05) is 49.6 Å². The zero-order valence-electron chi connectivity index (χ0n) is 26.4. The highest BCUT2D eigenvalue weighted by Crippen LogP contribution is 2.49. The van der Waals surface area contributed by atoms with Gasteiger partial charge < -0.3 is 20.9 Å². The number of nitrogens with zero attached hydrogens (tertiary/aromatic N) is 3. The standard InChI is InChI=1S/C36H38F3N5O4/c37-36(38,39)28-5-1-3-23(15-28)20-43(21-32(40)45)34(47)10-12-44-31(26-4-2-11-41-19-26)16-25-8-9-29(18-30(25)35(44)48)42-33(46)17-27-14-22-6-7-24(27)13-22/h1-5,8-9,11,15,18-19,22,24,27,31H,6-7,10,12-14,16-17,20-21H2,(H2,40,45)(H,42,46). The molecule has 2 aromatic carbocycles. The molecular formula is C36H38F3N5O4. The van der Waals surface area contributed by atoms with E-state index in [1.54, 1.807) is 35.5 Å². The quantitative estimate of drug-likeness (QED) is 0.281. The summed E-state index contributed by atoms with van der Waals surface area (Å²) >= 11 is 0. The molecule has 3 aliphatic rings. The second-order valence-corrected chi connectivity index (χ2v) is 13.2. The maximum Gasteiger partial charge on any atom is 0.416 e. The zero-order valence-corrected chi connectivity index (χ0v) is 26.4. The normalized spacial score (nSPS) is 21.6. The summed E-state index contributed by atoms with van der Waals surface area (Å²) in [4.78, 5) is 59.2. The van der Waals surface area contributed by atoms with Gasteiger partial charge in [-0.3, -0.25) is 24.2 Å². The Morgan fingerprint density at radius 3 is 2.56 bits per heavy atom. The van der Waals surface area contributed by atoms with Crippen LogP contribution in [0.2, 0.25) is 0 Å². The second kappa shape index (κ2) is 13.8. The number of carbonyl (C=O) groups excluding carboxylic acids is 4. The van der Waals surface area contributed by atoms with Crippen LogP contribution in [0, 0.1) is 17.8 Å². The van der Waals surface area contributed by atoms with Crippen LogP contribution in [0.3, 0.4) is 0 Å². The highest BCUT2D eigenvalue weighted by Gasteiger charge is 2.40. The number of nitrogens with two attached hydrogens (primary N) is 1. The minimum atomic E-state index is -4.57. The molecule has 1 aromatic heterocycles. The minimum absolute atomic E-state index is 0.0324. The summed E-state index contributed by atoms with van der Waals surface area (Å²) in [5, 5.41) is 2.98. The number of carbonyl (C=O) groups is 4. The molecule has 0 radical (unpaired) electrons. The molecule has 0 saturated heterocycles. The topological polar surface area (TPSA) is 126 Å². The van der Waals surface area contributed by atoms with E-state index in [0.29, 0.717) is 35.9 Å². The van der Waals surface area contributed by atoms with Crippen molar-refractivity contribution in [2.75, 3.05) is 18.4 Å². The lowest BCUT2D eigenvalue weighted by Gasteiger charge is -2.37. The predicted molar refractivity (Wildman–Crippen MR) is 171 cm³/mol. The van der Waals surface area contributed by atoms with Gasteiger partial charge in [0.1, 0.15) is 0 Å². The van der Waals surface area contributed by atoms with Gasteiger partial charge in [-0.25, -0.2) is 0 Å². The fourth-order valence-corrected chi connectivity index (χ4v) is 7.71. The molecule has 4 atom stereocenters. The Morgan fingerprint density at radius 1 is 1.04 bits per heavy atom. The lowest BCUT2D eigenvalue weighted by atomic mass is 9.86. The number of hydrogen-bond acceptors (Lipinski definition) is 5. The van der Waals surface area contributed by atoms with E-state index in [2.05, 4.69) is 10.3 Å². The number of nitrogens with one attached hydrogen (secondary N) is 1. The average molecular weight is 662 g/mol. The third kappa shape index (κ3) is 7.53. The van der Waals surface area contributed by atoms with Crippen molar-refractivity contribution in [2.24, 2.45) is 23.5 Å². The number of rotatable bonds is 11. The van der Waals surface area contributed by atoms with Crippen LogP contribution < -0.4 is 11.1 Å². The van der Waals surface area contributed by atoms with Crippen molar-refractivity contribution in [3.8, 4) is 0 Å². The summed E-state index contributed by atoms with van der Waals surface area (Å²) in [6, 6.07) is 13.0. The molecule has 12 heteroatoms. The van der Waals surface area contributed by atoms with Gasteiger partial charge in [0.25, 0.3) is 5.91 Å². The first-order valence-corrected chi connectivity index (χ1v) is 16.3. The van der Waals surface area contributed by atoms with Crippen LogP contribution in [-0.2, 0) is 33.5 Å². The number of pyridine rings is 1. The van der Waals surface area contributed by atoms with Crippen LogP contribution in [-0.4, -0.2) is 51.5 Å². The number of amides is 4. The Balaban J connectivity index is 1.18. The van der Waals surface area contributed by atoms with Crippen molar-refractivity contribution in [3.63, 3.8) is 0 Å². The Bertz CT molecular complexity index is 1700. The van der Waals surface area contributed by atoms with Crippen LogP contribution >= 0.6 is 0 Å². The first kappa shape index (κ1) is 33.2. The van der Waals surface area contributed by atoms with Crippen LogP contribution in [0.4, 0.5) is 18.9 Å². The number of primary amides is 1. The van der Waals surface area contributed by atoms with Gasteiger partial charge in [-0.15, -0.1) is 0 Å². The van der Waals surface area contributed by atoms with Crippen LogP contribution in [0.15, 0.2) is 67.0 Å². The number of fused-ring (bicyclic) bond motifs is 3. The van der Waals surface area contributed by atoms with Crippen LogP contribution in [0.25, 0.3) is 0 Å². The minimum Gasteiger partial charge on any atom is -0.368 e. The molecule has 2 aliphatic carbocycles. The Morgan fingerprint density at radius 2 is 1.88 bits per heavy atom. The number of benzene rings is 2. The van der Waals surface area contributed by atoms with E-state index in [-0.39, 0.29) is 36.9 Å². The highest BCUT2D eigenvalue weighted by molar-refractivity contribution is 6.00. The summed E-state index contributed by atoms with van der Waals surface area (Å²) in [6.07, 6.45) is 4.18. The molecule has 1 aliphatic heterocycles. The molecule has 4 amide bonds. The lowest BCUT2D eigenvalue weighted by Crippen LogP contribution is -2.44. The van der Waals surface area contributed by atoms with Crippen molar-refractivity contribution in [1.82, 2.24) is 14.8 Å². The average Bonchev–Trinajstić information content (AvgIpc) is 3.67. The highest BCUT2D eigenvalue weighted by atomic mass is 19.4. The fourth-order valence-electron chi connectivity index (χ4n) is 7.71. The first-order valence-electron chi connectivity index (χ1n) is 16.3. The number of anilines is 1. The first-order chi connectivity index (χ1) is 22.9. The molecule has 3 aromatic rings. The van der Waals surface area contributed by atoms with Crippen molar-refractivity contribution >= 4 is 29.3 Å². The van der Waals surface area contributed by atoms with E-state index in [9.17, 15) is 32.3 Å². The molecule has 0 spiro atoms. The molecule has 2 heterocycles. The predicted octanol–water partition coefficient (Wildman–Crippen LogP) is 5.51. The summed E-state index contributed by atoms with van der Waals surface area (Å²) in [7, 11) is 0. The van der Waals surface area contributed by atoms with Crippen molar-refractivity contribution in [3.05, 3.63) is 94.8 Å². The Hall–Kier alpha value is -4.74. The van der Waals surface area contributed by atoms with E-state index >= 15 is 0 Å². The number of aromatic nitrogens is 1. The molecule has 9 nitrogen and oxygen atoms in total. The summed E-state index contributed by atoms with van der Waals surface area (Å²) in [6.45, 7) is -0.793. The van der Waals surface area contributed by atoms with Crippen LogP contribution in [0.5, 0.6) is 0 Å². The summed E-state index contributed by atoms with van der Waals surface area (Å²) in [5.41, 5.74) is 7.21. The molecule has 4 unspecified atom stereocenters. The molecular weight excluding hydrogens is 623 g/mol. The maximum absolute atomic E-state index is 14.1. The van der Waals surface area contributed by atoms with Crippen molar-refractivity contribution in [2.45, 2.75) is 63.7 Å². The number of halogens is 3. The smallest absolute Gasteiger partial charge is 0.368 e. The molecule has 3 N–H and O–H groups in total. The monoisotopic (exact) mass is 661 g/mol. The maximum atomic E-state index is 14.1. The fraction of sp³-hybridized carbons (Fsp3) is 0.417. The Kier molecular flexibility index (Phi) is 9.52. The largest absolute Gasteiger partial charge is 0.416 e. The number of hydrogen-bond donors (Lipinski definition) is 2. The van der Waals surface area contributed by atoms with E-state index < -0.39 is 36.1 Å². The third-order valence-corrected chi connectivity index (χ3v) is 9.97. The molecule has 2 fully saturated rings. The Labute approximate surface area is 276 Å². The van der Waals surface area contributed by atoms with Gasteiger partial charge >= 0.3 is 6.18 Å². The molecule has 48 heavy (non-hydrogen) atoms. The zero-order chi connectivity index (χ0) is 34.0. The van der Waals surface area contributed by atoms with Gasteiger partial charge in [0.15, 0.2) is 0 Å². The SMILES string of the molecule is NC(=O)CN(Cc1cccc(C(F)(F)F)c1)C(=O)CCN1C(=O)c2cc(NC(=O)CC3CC4CCC3C4)ccc2CC1c1cccnc1. The van der Waals surface area contributed by atoms with Gasteiger partial charge in [-0.2, -0.15) is 13.2 Å². The molecule has 6 rings (SSSR count). The molecule has 252 valence electrons.